The fourth-order valence-corrected chi connectivity index (χ4v) is 2.85. The highest BCUT2D eigenvalue weighted by Crippen LogP contribution is 2.34. The molecule has 0 saturated carbocycles. The molecule has 1 N–H and O–H groups in total. The van der Waals surface area contributed by atoms with Crippen LogP contribution in [0.1, 0.15) is 33.1 Å². The van der Waals surface area contributed by atoms with E-state index in [-0.39, 0.29) is 12.6 Å². The molecule has 0 spiro atoms. The Labute approximate surface area is 130 Å². The summed E-state index contributed by atoms with van der Waals surface area (Å²) >= 11 is 0. The van der Waals surface area contributed by atoms with E-state index in [2.05, 4.69) is 6.58 Å². The molecule has 1 aliphatic heterocycles. The Balaban J connectivity index is 2.22. The molecule has 120 valence electrons. The Hall–Kier alpha value is -1.88. The molecule has 0 aromatic carbocycles. The van der Waals surface area contributed by atoms with Gasteiger partial charge in [0.25, 0.3) is 0 Å². The molecule has 22 heavy (non-hydrogen) atoms. The van der Waals surface area contributed by atoms with Crippen molar-refractivity contribution in [1.29, 1.82) is 0 Å². The standard InChI is InChI=1S/C17H22O5/c1-10-5-4-6-13(9-21-12(3)18)8-14(19)16-11(2)17(20)22-15(16)7-10/h6-7,14-16,19H,2,4-5,8-9H2,1,3H3/b10-7-,13-6+/t14-,15-,16-/m1/s1. The molecule has 3 atom stereocenters. The summed E-state index contributed by atoms with van der Waals surface area (Å²) in [5.74, 6) is -1.27. The van der Waals surface area contributed by atoms with E-state index in [0.717, 1.165) is 24.0 Å². The SMILES string of the molecule is C=C1C(=O)O[C@@H]2/C=C(/C)CC/C=C(/COC(C)=O)C[C@@H](O)[C@@H]12. The van der Waals surface area contributed by atoms with Gasteiger partial charge in [0.15, 0.2) is 0 Å². The summed E-state index contributed by atoms with van der Waals surface area (Å²) in [5, 5.41) is 10.5. The van der Waals surface area contributed by atoms with E-state index in [4.69, 9.17) is 9.47 Å². The first-order chi connectivity index (χ1) is 10.4. The fraction of sp³-hybridized carbons (Fsp3) is 0.529. The van der Waals surface area contributed by atoms with Crippen molar-refractivity contribution < 1.29 is 24.2 Å². The zero-order valence-electron chi connectivity index (χ0n) is 13.0. The van der Waals surface area contributed by atoms with E-state index in [1.807, 2.05) is 19.1 Å². The molecule has 1 heterocycles. The topological polar surface area (TPSA) is 72.8 Å². The minimum Gasteiger partial charge on any atom is -0.461 e. The van der Waals surface area contributed by atoms with Crippen molar-refractivity contribution in [1.82, 2.24) is 0 Å². The monoisotopic (exact) mass is 306 g/mol. The normalized spacial score (nSPS) is 33.9. The molecule has 2 rings (SSSR count). The number of aliphatic hydroxyl groups is 1. The van der Waals surface area contributed by atoms with Gasteiger partial charge in [-0.25, -0.2) is 4.79 Å². The first-order valence-corrected chi connectivity index (χ1v) is 7.45. The first-order valence-electron chi connectivity index (χ1n) is 7.45. The maximum Gasteiger partial charge on any atom is 0.334 e. The van der Waals surface area contributed by atoms with Gasteiger partial charge >= 0.3 is 11.9 Å². The van der Waals surface area contributed by atoms with E-state index in [1.165, 1.54) is 6.92 Å². The average Bonchev–Trinajstić information content (AvgIpc) is 2.70. The second-order valence-corrected chi connectivity index (χ2v) is 5.89. The van der Waals surface area contributed by atoms with Crippen molar-refractivity contribution in [3.8, 4) is 0 Å². The number of hydrogen-bond acceptors (Lipinski definition) is 5. The Morgan fingerprint density at radius 3 is 2.95 bits per heavy atom. The highest BCUT2D eigenvalue weighted by molar-refractivity contribution is 5.91. The van der Waals surface area contributed by atoms with Gasteiger partial charge in [-0.2, -0.15) is 0 Å². The summed E-state index contributed by atoms with van der Waals surface area (Å²) < 4.78 is 10.3. The average molecular weight is 306 g/mol. The van der Waals surface area contributed by atoms with Crippen LogP contribution in [0, 0.1) is 5.92 Å². The number of allylic oxidation sites excluding steroid dienone is 2. The maximum absolute atomic E-state index is 11.7. The van der Waals surface area contributed by atoms with Crippen LogP contribution in [-0.4, -0.2) is 35.9 Å². The summed E-state index contributed by atoms with van der Waals surface area (Å²) in [6, 6.07) is 0. The molecule has 1 saturated heterocycles. The molecular weight excluding hydrogens is 284 g/mol. The van der Waals surface area contributed by atoms with Gasteiger partial charge in [0.2, 0.25) is 0 Å². The third kappa shape index (κ3) is 3.85. The molecular formula is C17H22O5. The molecule has 0 aromatic heterocycles. The predicted octanol–water partition coefficient (Wildman–Crippen LogP) is 2.06. The van der Waals surface area contributed by atoms with Crippen molar-refractivity contribution in [3.05, 3.63) is 35.5 Å². The van der Waals surface area contributed by atoms with Crippen LogP contribution in [0.2, 0.25) is 0 Å². The number of hydrogen-bond donors (Lipinski definition) is 1. The predicted molar refractivity (Wildman–Crippen MR) is 80.8 cm³/mol. The molecule has 0 radical (unpaired) electrons. The van der Waals surface area contributed by atoms with E-state index in [1.54, 1.807) is 0 Å². The maximum atomic E-state index is 11.7. The van der Waals surface area contributed by atoms with Crippen LogP contribution in [0.25, 0.3) is 0 Å². The molecule has 0 aromatic rings. The molecule has 5 nitrogen and oxygen atoms in total. The van der Waals surface area contributed by atoms with Crippen LogP contribution in [-0.2, 0) is 19.1 Å². The summed E-state index contributed by atoms with van der Waals surface area (Å²) in [5.41, 5.74) is 2.24. The van der Waals surface area contributed by atoms with Crippen molar-refractivity contribution in [3.63, 3.8) is 0 Å². The van der Waals surface area contributed by atoms with Gasteiger partial charge in [0, 0.05) is 12.5 Å². The highest BCUT2D eigenvalue weighted by Gasteiger charge is 2.42. The number of fused-ring (bicyclic) bond motifs is 1. The molecule has 2 aliphatic rings. The lowest BCUT2D eigenvalue weighted by molar-refractivity contribution is -0.140. The van der Waals surface area contributed by atoms with Gasteiger partial charge in [-0.3, -0.25) is 4.79 Å². The van der Waals surface area contributed by atoms with Crippen molar-refractivity contribution in [2.24, 2.45) is 5.92 Å². The van der Waals surface area contributed by atoms with E-state index in [0.29, 0.717) is 12.0 Å². The Morgan fingerprint density at radius 1 is 1.55 bits per heavy atom. The van der Waals surface area contributed by atoms with Crippen LogP contribution in [0.4, 0.5) is 0 Å². The molecule has 0 bridgehead atoms. The van der Waals surface area contributed by atoms with Crippen molar-refractivity contribution in [2.75, 3.05) is 6.61 Å². The quantitative estimate of drug-likeness (QED) is 0.480. The van der Waals surface area contributed by atoms with Gasteiger partial charge in [-0.1, -0.05) is 18.2 Å². The van der Waals surface area contributed by atoms with Gasteiger partial charge in [-0.05, 0) is 37.8 Å². The summed E-state index contributed by atoms with van der Waals surface area (Å²) in [6.45, 7) is 7.24. The lowest BCUT2D eigenvalue weighted by Crippen LogP contribution is -2.29. The molecule has 1 fully saturated rings. The zero-order chi connectivity index (χ0) is 16.3. The van der Waals surface area contributed by atoms with Gasteiger partial charge in [-0.15, -0.1) is 0 Å². The second-order valence-electron chi connectivity index (χ2n) is 5.89. The van der Waals surface area contributed by atoms with Gasteiger partial charge in [0.1, 0.15) is 12.7 Å². The number of rotatable bonds is 2. The molecule has 5 heteroatoms. The number of aliphatic hydroxyl groups excluding tert-OH is 1. The largest absolute Gasteiger partial charge is 0.461 e. The van der Waals surface area contributed by atoms with Crippen LogP contribution in [0.3, 0.4) is 0 Å². The van der Waals surface area contributed by atoms with Crippen LogP contribution in [0.15, 0.2) is 35.5 Å². The summed E-state index contributed by atoms with van der Waals surface area (Å²) in [4.78, 5) is 22.7. The Bertz CT molecular complexity index is 543. The number of esters is 2. The smallest absolute Gasteiger partial charge is 0.334 e. The molecule has 0 amide bonds. The van der Waals surface area contributed by atoms with Gasteiger partial charge < -0.3 is 14.6 Å². The first kappa shape index (κ1) is 16.5. The summed E-state index contributed by atoms with van der Waals surface area (Å²) in [6.07, 6.45) is 4.57. The van der Waals surface area contributed by atoms with E-state index >= 15 is 0 Å². The van der Waals surface area contributed by atoms with Crippen molar-refractivity contribution in [2.45, 2.75) is 45.3 Å². The minimum atomic E-state index is -0.798. The number of carbonyl (C=O) groups is 2. The third-order valence-corrected chi connectivity index (χ3v) is 4.03. The van der Waals surface area contributed by atoms with Crippen LogP contribution >= 0.6 is 0 Å². The lowest BCUT2D eigenvalue weighted by atomic mass is 9.85. The third-order valence-electron chi connectivity index (χ3n) is 4.03. The van der Waals surface area contributed by atoms with Crippen LogP contribution < -0.4 is 0 Å². The zero-order valence-corrected chi connectivity index (χ0v) is 13.0. The van der Waals surface area contributed by atoms with Gasteiger partial charge in [0.05, 0.1) is 12.0 Å². The second kappa shape index (κ2) is 6.92. The fourth-order valence-electron chi connectivity index (χ4n) is 2.85. The molecule has 1 aliphatic carbocycles. The van der Waals surface area contributed by atoms with Crippen molar-refractivity contribution >= 4 is 11.9 Å². The molecule has 0 unspecified atom stereocenters. The lowest BCUT2D eigenvalue weighted by Gasteiger charge is -2.23. The van der Waals surface area contributed by atoms with Crippen LogP contribution in [0.5, 0.6) is 0 Å². The number of ether oxygens (including phenoxy) is 2. The Kier molecular flexibility index (Phi) is 5.19. The number of carbonyl (C=O) groups excluding carboxylic acids is 2. The highest BCUT2D eigenvalue weighted by atomic mass is 16.6. The van der Waals surface area contributed by atoms with E-state index < -0.39 is 24.1 Å². The minimum absolute atomic E-state index is 0.161. The Morgan fingerprint density at radius 2 is 2.27 bits per heavy atom. The summed E-state index contributed by atoms with van der Waals surface area (Å²) in [7, 11) is 0. The van der Waals surface area contributed by atoms with E-state index in [9.17, 15) is 14.7 Å².